The maximum Gasteiger partial charge on any atom is 0.242 e. The molecule has 0 saturated carbocycles. The second kappa shape index (κ2) is 4.84. The lowest BCUT2D eigenvalue weighted by Gasteiger charge is -2.08. The Kier molecular flexibility index (Phi) is 3.56. The van der Waals surface area contributed by atoms with Crippen molar-refractivity contribution in [3.05, 3.63) is 35.0 Å². The van der Waals surface area contributed by atoms with Gasteiger partial charge in [-0.25, -0.2) is 18.1 Å². The van der Waals surface area contributed by atoms with E-state index in [1.165, 1.54) is 6.07 Å². The van der Waals surface area contributed by atoms with E-state index in [0.29, 0.717) is 17.2 Å². The summed E-state index contributed by atoms with van der Waals surface area (Å²) < 4.78 is 26.5. The molecule has 0 amide bonds. The topological polar surface area (TPSA) is 59.1 Å². The van der Waals surface area contributed by atoms with E-state index in [9.17, 15) is 8.42 Å². The summed E-state index contributed by atoms with van der Waals surface area (Å²) >= 11 is 5.96. The van der Waals surface area contributed by atoms with Crippen LogP contribution in [0.2, 0.25) is 5.15 Å². The molecule has 0 aliphatic rings. The zero-order valence-electron chi connectivity index (χ0n) is 10.1. The van der Waals surface area contributed by atoms with Crippen molar-refractivity contribution in [2.24, 2.45) is 0 Å². The van der Waals surface area contributed by atoms with Gasteiger partial charge in [-0.3, -0.25) is 0 Å². The molecular weight excluding hydrogens is 272 g/mol. The zero-order chi connectivity index (χ0) is 13.3. The van der Waals surface area contributed by atoms with Gasteiger partial charge in [0.1, 0.15) is 10.0 Å². The van der Waals surface area contributed by atoms with Crippen LogP contribution >= 0.6 is 11.6 Å². The minimum Gasteiger partial charge on any atom is -0.234 e. The molecule has 6 heteroatoms. The number of benzene rings is 1. The van der Waals surface area contributed by atoms with Crippen molar-refractivity contribution in [2.45, 2.75) is 18.7 Å². The third-order valence-corrected chi connectivity index (χ3v) is 4.52. The first-order chi connectivity index (χ1) is 8.45. The Morgan fingerprint density at radius 1 is 1.39 bits per heavy atom. The van der Waals surface area contributed by atoms with Crippen LogP contribution < -0.4 is 4.72 Å². The Labute approximate surface area is 111 Å². The minimum atomic E-state index is -3.54. The van der Waals surface area contributed by atoms with E-state index in [2.05, 4.69) is 9.71 Å². The highest BCUT2D eigenvalue weighted by Gasteiger charge is 2.17. The van der Waals surface area contributed by atoms with Gasteiger partial charge < -0.3 is 0 Å². The van der Waals surface area contributed by atoms with Gasteiger partial charge >= 0.3 is 0 Å². The van der Waals surface area contributed by atoms with E-state index in [1.807, 2.05) is 19.1 Å². The van der Waals surface area contributed by atoms with Gasteiger partial charge in [0.2, 0.25) is 10.0 Å². The summed E-state index contributed by atoms with van der Waals surface area (Å²) in [5.74, 6) is 0. The molecule has 1 aromatic carbocycles. The molecule has 18 heavy (non-hydrogen) atoms. The molecule has 0 atom stereocenters. The molecule has 1 N–H and O–H groups in total. The van der Waals surface area contributed by atoms with Crippen LogP contribution in [0.15, 0.2) is 29.2 Å². The van der Waals surface area contributed by atoms with Gasteiger partial charge in [-0.05, 0) is 24.6 Å². The number of nitrogens with one attached hydrogen (secondary N) is 1. The third kappa shape index (κ3) is 2.34. The van der Waals surface area contributed by atoms with Gasteiger partial charge in [0.25, 0.3) is 0 Å². The van der Waals surface area contributed by atoms with Crippen molar-refractivity contribution in [2.75, 3.05) is 6.54 Å². The fraction of sp³-hybridized carbons (Fsp3) is 0.250. The number of hydrogen-bond donors (Lipinski definition) is 1. The number of halogens is 1. The van der Waals surface area contributed by atoms with E-state index in [0.717, 1.165) is 10.9 Å². The molecule has 0 fully saturated rings. The van der Waals surface area contributed by atoms with E-state index < -0.39 is 10.0 Å². The highest BCUT2D eigenvalue weighted by Crippen LogP contribution is 2.25. The van der Waals surface area contributed by atoms with E-state index in [-0.39, 0.29) is 4.90 Å². The zero-order valence-corrected chi connectivity index (χ0v) is 11.6. The molecule has 1 heterocycles. The van der Waals surface area contributed by atoms with Crippen molar-refractivity contribution < 1.29 is 8.42 Å². The molecule has 1 aromatic heterocycles. The van der Waals surface area contributed by atoms with Crippen molar-refractivity contribution in [3.63, 3.8) is 0 Å². The van der Waals surface area contributed by atoms with Crippen molar-refractivity contribution in [3.8, 4) is 0 Å². The molecule has 0 bridgehead atoms. The molecule has 2 aromatic rings. The quantitative estimate of drug-likeness (QED) is 0.881. The SMILES string of the molecule is CCNS(=O)(=O)c1cccc2cc(C)c(Cl)nc12. The second-order valence-corrected chi connectivity index (χ2v) is 6.02. The maximum atomic E-state index is 12.0. The number of aryl methyl sites for hydroxylation is 1. The van der Waals surface area contributed by atoms with Gasteiger partial charge in [-0.2, -0.15) is 0 Å². The van der Waals surface area contributed by atoms with Crippen LogP contribution in [0.1, 0.15) is 12.5 Å². The average molecular weight is 285 g/mol. The predicted octanol–water partition coefficient (Wildman–Crippen LogP) is 2.49. The number of aromatic nitrogens is 1. The molecule has 0 spiro atoms. The Balaban J connectivity index is 2.77. The lowest BCUT2D eigenvalue weighted by atomic mass is 10.2. The molecule has 0 saturated heterocycles. The highest BCUT2D eigenvalue weighted by atomic mass is 35.5. The van der Waals surface area contributed by atoms with Gasteiger partial charge in [0, 0.05) is 11.9 Å². The van der Waals surface area contributed by atoms with Gasteiger partial charge in [0.15, 0.2) is 0 Å². The Hall–Kier alpha value is -1.17. The number of fused-ring (bicyclic) bond motifs is 1. The minimum absolute atomic E-state index is 0.156. The Morgan fingerprint density at radius 2 is 2.11 bits per heavy atom. The smallest absolute Gasteiger partial charge is 0.234 e. The summed E-state index contributed by atoms with van der Waals surface area (Å²) in [4.78, 5) is 4.33. The number of nitrogens with zero attached hydrogens (tertiary/aromatic N) is 1. The number of hydrogen-bond acceptors (Lipinski definition) is 3. The van der Waals surface area contributed by atoms with Crippen molar-refractivity contribution in [1.29, 1.82) is 0 Å². The fourth-order valence-electron chi connectivity index (χ4n) is 1.74. The van der Waals surface area contributed by atoms with Crippen LogP contribution in [0.4, 0.5) is 0 Å². The largest absolute Gasteiger partial charge is 0.242 e. The maximum absolute atomic E-state index is 12.0. The monoisotopic (exact) mass is 284 g/mol. The summed E-state index contributed by atoms with van der Waals surface area (Å²) in [5.41, 5.74) is 1.22. The van der Waals surface area contributed by atoms with Crippen LogP contribution in [0, 0.1) is 6.92 Å². The van der Waals surface area contributed by atoms with Crippen LogP contribution in [0.25, 0.3) is 10.9 Å². The lowest BCUT2D eigenvalue weighted by Crippen LogP contribution is -2.23. The van der Waals surface area contributed by atoms with Gasteiger partial charge in [0.05, 0.1) is 5.52 Å². The van der Waals surface area contributed by atoms with Crippen LogP contribution in [0.5, 0.6) is 0 Å². The summed E-state index contributed by atoms with van der Waals surface area (Å²) in [6.07, 6.45) is 0. The summed E-state index contributed by atoms with van der Waals surface area (Å²) in [7, 11) is -3.54. The van der Waals surface area contributed by atoms with Crippen molar-refractivity contribution in [1.82, 2.24) is 9.71 Å². The predicted molar refractivity (Wildman–Crippen MR) is 72.4 cm³/mol. The van der Waals surface area contributed by atoms with Crippen LogP contribution in [-0.4, -0.2) is 19.9 Å². The molecule has 2 rings (SSSR count). The third-order valence-electron chi connectivity index (χ3n) is 2.56. The normalized spacial score (nSPS) is 11.9. The van der Waals surface area contributed by atoms with E-state index in [4.69, 9.17) is 11.6 Å². The molecular formula is C12H13ClN2O2S. The average Bonchev–Trinajstić information content (AvgIpc) is 2.29. The first-order valence-corrected chi connectivity index (χ1v) is 7.37. The lowest BCUT2D eigenvalue weighted by molar-refractivity contribution is 0.584. The molecule has 0 radical (unpaired) electrons. The van der Waals surface area contributed by atoms with Crippen LogP contribution in [0.3, 0.4) is 0 Å². The molecule has 0 aliphatic heterocycles. The van der Waals surface area contributed by atoms with E-state index in [1.54, 1.807) is 13.0 Å². The summed E-state index contributed by atoms with van der Waals surface area (Å²) in [6, 6.07) is 6.87. The first kappa shape index (κ1) is 13.3. The number of pyridine rings is 1. The second-order valence-electron chi connectivity index (χ2n) is 3.93. The fourth-order valence-corrected chi connectivity index (χ4v) is 3.09. The molecule has 96 valence electrons. The number of sulfonamides is 1. The summed E-state index contributed by atoms with van der Waals surface area (Å²) in [6.45, 7) is 3.89. The number of para-hydroxylation sites is 1. The molecule has 0 aliphatic carbocycles. The summed E-state index contributed by atoms with van der Waals surface area (Å²) in [5, 5.41) is 1.08. The molecule has 4 nitrogen and oxygen atoms in total. The number of rotatable bonds is 3. The Morgan fingerprint density at radius 3 is 2.78 bits per heavy atom. The van der Waals surface area contributed by atoms with E-state index >= 15 is 0 Å². The van der Waals surface area contributed by atoms with Crippen molar-refractivity contribution >= 4 is 32.5 Å². The molecule has 0 unspecified atom stereocenters. The van der Waals surface area contributed by atoms with Crippen LogP contribution in [-0.2, 0) is 10.0 Å². The first-order valence-electron chi connectivity index (χ1n) is 5.51. The standard InChI is InChI=1S/C12H13ClN2O2S/c1-3-14-18(16,17)10-6-4-5-9-7-8(2)12(13)15-11(9)10/h4-7,14H,3H2,1-2H3. The van der Waals surface area contributed by atoms with Gasteiger partial charge in [-0.1, -0.05) is 30.7 Å². The Bertz CT molecular complexity index is 699. The van der Waals surface area contributed by atoms with Gasteiger partial charge in [-0.15, -0.1) is 0 Å². The highest BCUT2D eigenvalue weighted by molar-refractivity contribution is 7.89.